The third-order valence-electron chi connectivity index (χ3n) is 6.51. The number of hydrogen-bond donors (Lipinski definition) is 3. The van der Waals surface area contributed by atoms with Gasteiger partial charge in [0.05, 0.1) is 22.6 Å². The molecule has 186 valence electrons. The molecule has 0 radical (unpaired) electrons. The fourth-order valence-electron chi connectivity index (χ4n) is 4.37. The van der Waals surface area contributed by atoms with Crippen LogP contribution in [0.4, 0.5) is 0 Å². The molecule has 1 aliphatic carbocycles. The summed E-state index contributed by atoms with van der Waals surface area (Å²) in [5.74, 6) is -0.359. The molecule has 4 aromatic rings. The van der Waals surface area contributed by atoms with Crippen molar-refractivity contribution in [1.29, 1.82) is 0 Å². The van der Waals surface area contributed by atoms with Crippen molar-refractivity contribution in [3.05, 3.63) is 102 Å². The molecule has 1 aromatic heterocycles. The summed E-state index contributed by atoms with van der Waals surface area (Å²) in [6.45, 7) is 0.387. The summed E-state index contributed by atoms with van der Waals surface area (Å²) in [6, 6.07) is 24.5. The number of aromatic nitrogens is 1. The first-order valence-electron chi connectivity index (χ1n) is 12.1. The normalized spacial score (nSPS) is 15.5. The van der Waals surface area contributed by atoms with Gasteiger partial charge < -0.3 is 15.7 Å². The van der Waals surface area contributed by atoms with Crippen LogP contribution in [0.15, 0.2) is 96.0 Å². The minimum Gasteiger partial charge on any atom is -0.390 e. The van der Waals surface area contributed by atoms with Gasteiger partial charge in [-0.05, 0) is 55.2 Å². The highest BCUT2D eigenvalue weighted by Crippen LogP contribution is 2.25. The van der Waals surface area contributed by atoms with Crippen LogP contribution >= 0.6 is 0 Å². The zero-order valence-electron chi connectivity index (χ0n) is 19.7. The predicted molar refractivity (Wildman–Crippen MR) is 139 cm³/mol. The van der Waals surface area contributed by atoms with Crippen LogP contribution in [-0.4, -0.2) is 48.1 Å². The van der Waals surface area contributed by atoms with Gasteiger partial charge >= 0.3 is 0 Å². The molecule has 2 atom stereocenters. The molecule has 1 aliphatic rings. The van der Waals surface area contributed by atoms with E-state index in [1.807, 2.05) is 30.3 Å². The summed E-state index contributed by atoms with van der Waals surface area (Å²) >= 11 is 0. The first kappa shape index (κ1) is 24.2. The van der Waals surface area contributed by atoms with Crippen molar-refractivity contribution in [2.24, 2.45) is 0 Å². The second kappa shape index (κ2) is 10.3. The Labute approximate surface area is 210 Å². The maximum Gasteiger partial charge on any atom is 0.268 e. The number of aliphatic hydroxyl groups excluding tert-OH is 1. The predicted octanol–water partition coefficient (Wildman–Crippen LogP) is 3.33. The lowest BCUT2D eigenvalue weighted by Crippen LogP contribution is -2.49. The highest BCUT2D eigenvalue weighted by molar-refractivity contribution is 7.90. The Bertz CT molecular complexity index is 1450. The summed E-state index contributed by atoms with van der Waals surface area (Å²) in [7, 11) is -3.81. The van der Waals surface area contributed by atoms with Gasteiger partial charge in [0.1, 0.15) is 0 Å². The number of nitrogens with zero attached hydrogens (tertiary/aromatic N) is 1. The van der Waals surface area contributed by atoms with E-state index < -0.39 is 22.2 Å². The highest BCUT2D eigenvalue weighted by Gasteiger charge is 2.27. The number of rotatable bonds is 10. The van der Waals surface area contributed by atoms with E-state index in [2.05, 4.69) is 10.6 Å². The smallest absolute Gasteiger partial charge is 0.268 e. The second-order valence-corrected chi connectivity index (χ2v) is 11.0. The van der Waals surface area contributed by atoms with Crippen LogP contribution in [0.3, 0.4) is 0 Å². The van der Waals surface area contributed by atoms with Crippen molar-refractivity contribution in [3.63, 3.8) is 0 Å². The van der Waals surface area contributed by atoms with E-state index in [0.29, 0.717) is 35.5 Å². The number of nitrogens with one attached hydrogen (secondary N) is 2. The fraction of sp³-hybridized carbons (Fsp3) is 0.250. The topological polar surface area (TPSA) is 100 Å². The summed E-state index contributed by atoms with van der Waals surface area (Å²) in [6.07, 6.45) is 3.37. The Balaban J connectivity index is 1.42. The van der Waals surface area contributed by atoms with E-state index in [-0.39, 0.29) is 10.8 Å². The first-order chi connectivity index (χ1) is 17.4. The number of hydrogen-bond acceptors (Lipinski definition) is 5. The Morgan fingerprint density at radius 2 is 1.64 bits per heavy atom. The van der Waals surface area contributed by atoms with Crippen LogP contribution in [0.1, 0.15) is 28.8 Å². The van der Waals surface area contributed by atoms with Gasteiger partial charge in [0.15, 0.2) is 0 Å². The molecule has 0 spiro atoms. The number of carbonyl (C=O) groups is 1. The lowest BCUT2D eigenvalue weighted by Gasteiger charge is -2.25. The van der Waals surface area contributed by atoms with Gasteiger partial charge in [0.25, 0.3) is 15.9 Å². The summed E-state index contributed by atoms with van der Waals surface area (Å²) in [4.78, 5) is 13.6. The molecule has 8 heteroatoms. The molecule has 3 N–H and O–H groups in total. The van der Waals surface area contributed by atoms with Crippen molar-refractivity contribution in [2.75, 3.05) is 6.54 Å². The first-order valence-corrected chi connectivity index (χ1v) is 13.5. The fourth-order valence-corrected chi connectivity index (χ4v) is 5.74. The minimum absolute atomic E-state index is 0.173. The van der Waals surface area contributed by atoms with Crippen LogP contribution < -0.4 is 10.6 Å². The maximum absolute atomic E-state index is 13.4. The Hall–Kier alpha value is -3.46. The summed E-state index contributed by atoms with van der Waals surface area (Å²) < 4.78 is 27.6. The number of aliphatic hydroxyl groups is 1. The van der Waals surface area contributed by atoms with E-state index in [1.54, 1.807) is 54.6 Å². The average molecular weight is 504 g/mol. The summed E-state index contributed by atoms with van der Waals surface area (Å²) in [5.41, 5.74) is 1.78. The highest BCUT2D eigenvalue weighted by atomic mass is 32.2. The third kappa shape index (κ3) is 5.21. The van der Waals surface area contributed by atoms with Gasteiger partial charge in [-0.2, -0.15) is 0 Å². The molecule has 1 amide bonds. The molecular weight excluding hydrogens is 474 g/mol. The SMILES string of the molecule is O=C(N[C@@H](Cc1ccccc1)[C@H](O)CNC1CC1)c1cccc2c1ccn2S(=O)(=O)c1ccccc1. The van der Waals surface area contributed by atoms with Crippen molar-refractivity contribution < 1.29 is 18.3 Å². The van der Waals surface area contributed by atoms with Gasteiger partial charge in [0, 0.05) is 29.7 Å². The van der Waals surface area contributed by atoms with Crippen LogP contribution in [0, 0.1) is 0 Å². The van der Waals surface area contributed by atoms with Crippen LogP contribution in [0.25, 0.3) is 10.9 Å². The van der Waals surface area contributed by atoms with Crippen LogP contribution in [0.5, 0.6) is 0 Å². The monoisotopic (exact) mass is 503 g/mol. The summed E-state index contributed by atoms with van der Waals surface area (Å²) in [5, 5.41) is 17.8. The van der Waals surface area contributed by atoms with Crippen molar-refractivity contribution in [1.82, 2.24) is 14.6 Å². The Kier molecular flexibility index (Phi) is 6.91. The van der Waals surface area contributed by atoms with Crippen molar-refractivity contribution in [2.45, 2.75) is 42.3 Å². The molecule has 1 fully saturated rings. The van der Waals surface area contributed by atoms with Gasteiger partial charge in [-0.1, -0.05) is 54.6 Å². The van der Waals surface area contributed by atoms with Crippen molar-refractivity contribution in [3.8, 4) is 0 Å². The third-order valence-corrected chi connectivity index (χ3v) is 8.22. The van der Waals surface area contributed by atoms with E-state index in [0.717, 1.165) is 18.4 Å². The van der Waals surface area contributed by atoms with Crippen molar-refractivity contribution >= 4 is 26.8 Å². The lowest BCUT2D eigenvalue weighted by molar-refractivity contribution is 0.0831. The Morgan fingerprint density at radius 3 is 2.33 bits per heavy atom. The van der Waals surface area contributed by atoms with Gasteiger partial charge in [-0.25, -0.2) is 12.4 Å². The number of benzene rings is 3. The molecule has 5 rings (SSSR count). The molecule has 1 saturated carbocycles. The zero-order chi connectivity index (χ0) is 25.1. The quantitative estimate of drug-likeness (QED) is 0.308. The average Bonchev–Trinajstić information content (AvgIpc) is 3.63. The molecule has 36 heavy (non-hydrogen) atoms. The largest absolute Gasteiger partial charge is 0.390 e. The zero-order valence-corrected chi connectivity index (χ0v) is 20.6. The Morgan fingerprint density at radius 1 is 0.944 bits per heavy atom. The second-order valence-electron chi connectivity index (χ2n) is 9.19. The standard InChI is InChI=1S/C28H29N3O4S/c32-27(19-29-21-14-15-21)25(18-20-8-3-1-4-9-20)30-28(33)24-12-7-13-26-23(24)16-17-31(26)36(34,35)22-10-5-2-6-11-22/h1-13,16-17,21,25,27,29,32H,14-15,18-19H2,(H,30,33)/t25-,27+/m0/s1. The van der Waals surface area contributed by atoms with E-state index in [9.17, 15) is 18.3 Å². The molecule has 1 heterocycles. The molecule has 7 nitrogen and oxygen atoms in total. The minimum atomic E-state index is -3.81. The van der Waals surface area contributed by atoms with E-state index >= 15 is 0 Å². The lowest BCUT2D eigenvalue weighted by atomic mass is 10.00. The molecular formula is C28H29N3O4S. The van der Waals surface area contributed by atoms with Gasteiger partial charge in [-0.3, -0.25) is 4.79 Å². The van der Waals surface area contributed by atoms with E-state index in [1.165, 1.54) is 10.2 Å². The number of carbonyl (C=O) groups excluding carboxylic acids is 1. The van der Waals surface area contributed by atoms with Crippen LogP contribution in [-0.2, 0) is 16.4 Å². The van der Waals surface area contributed by atoms with Crippen LogP contribution in [0.2, 0.25) is 0 Å². The molecule has 0 unspecified atom stereocenters. The molecule has 3 aromatic carbocycles. The molecule has 0 saturated heterocycles. The molecule has 0 bridgehead atoms. The number of amides is 1. The maximum atomic E-state index is 13.4. The number of fused-ring (bicyclic) bond motifs is 1. The molecule has 0 aliphatic heterocycles. The van der Waals surface area contributed by atoms with Gasteiger partial charge in [0.2, 0.25) is 0 Å². The van der Waals surface area contributed by atoms with E-state index in [4.69, 9.17) is 0 Å². The van der Waals surface area contributed by atoms with Gasteiger partial charge in [-0.15, -0.1) is 0 Å².